The topological polar surface area (TPSA) is 50.5 Å². The summed E-state index contributed by atoms with van der Waals surface area (Å²) in [7, 11) is 0. The fraction of sp³-hybridized carbons (Fsp3) is 0.650. The smallest absolute Gasteiger partial charge is 0.0959 e. The third kappa shape index (κ3) is 3.89. The number of aryl methyl sites for hydroxylation is 2. The third-order valence-corrected chi connectivity index (χ3v) is 5.67. The lowest BCUT2D eigenvalue weighted by atomic mass is 10.1. The number of aliphatic hydroxyl groups excluding tert-OH is 1. The Bertz CT molecular complexity index is 732. The molecule has 25 heavy (non-hydrogen) atoms. The maximum absolute atomic E-state index is 10.7. The van der Waals surface area contributed by atoms with E-state index in [-0.39, 0.29) is 6.10 Å². The number of imidazole rings is 1. The van der Waals surface area contributed by atoms with Gasteiger partial charge in [-0.2, -0.15) is 0 Å². The Morgan fingerprint density at radius 3 is 2.80 bits per heavy atom. The molecule has 2 aromatic rings. The van der Waals surface area contributed by atoms with Gasteiger partial charge in [-0.25, -0.2) is 4.98 Å². The molecule has 0 radical (unpaired) electrons. The van der Waals surface area contributed by atoms with Crippen molar-refractivity contribution in [2.24, 2.45) is 5.92 Å². The van der Waals surface area contributed by atoms with E-state index in [0.29, 0.717) is 18.5 Å². The number of aromatic nitrogens is 2. The molecule has 1 aliphatic heterocycles. The molecule has 2 fully saturated rings. The van der Waals surface area contributed by atoms with Crippen LogP contribution in [0.2, 0.25) is 0 Å². The minimum absolute atomic E-state index is 0.373. The van der Waals surface area contributed by atoms with Crippen molar-refractivity contribution in [3.63, 3.8) is 0 Å². The second-order valence-electron chi connectivity index (χ2n) is 7.89. The highest BCUT2D eigenvalue weighted by molar-refractivity contribution is 5.77. The summed E-state index contributed by atoms with van der Waals surface area (Å²) in [6.45, 7) is 8.42. The molecule has 2 unspecified atom stereocenters. The zero-order chi connectivity index (χ0) is 17.4. The number of ether oxygens (including phenoxy) is 1. The lowest BCUT2D eigenvalue weighted by Gasteiger charge is -2.27. The van der Waals surface area contributed by atoms with Crippen molar-refractivity contribution in [1.29, 1.82) is 0 Å². The summed E-state index contributed by atoms with van der Waals surface area (Å²) < 4.78 is 7.61. The molecule has 0 amide bonds. The minimum atomic E-state index is -0.373. The van der Waals surface area contributed by atoms with Gasteiger partial charge in [0.2, 0.25) is 0 Å². The predicted molar refractivity (Wildman–Crippen MR) is 98.7 cm³/mol. The van der Waals surface area contributed by atoms with Gasteiger partial charge < -0.3 is 14.4 Å². The number of rotatable bonds is 7. The molecule has 2 heterocycles. The van der Waals surface area contributed by atoms with E-state index in [0.717, 1.165) is 43.8 Å². The van der Waals surface area contributed by atoms with Crippen LogP contribution in [0.3, 0.4) is 0 Å². The SMILES string of the molecule is Cc1cc2ncn(CC(O)CN(CC3CCOC3)C3CC3)c2cc1C. The van der Waals surface area contributed by atoms with Crippen molar-refractivity contribution < 1.29 is 9.84 Å². The Morgan fingerprint density at radius 1 is 1.28 bits per heavy atom. The van der Waals surface area contributed by atoms with Crippen molar-refractivity contribution >= 4 is 11.0 Å². The van der Waals surface area contributed by atoms with Crippen LogP contribution >= 0.6 is 0 Å². The highest BCUT2D eigenvalue weighted by Gasteiger charge is 2.32. The maximum atomic E-state index is 10.7. The standard InChI is InChI=1S/C20H29N3O2/c1-14-7-19-20(8-15(14)2)23(13-21-19)11-18(24)10-22(17-3-4-17)9-16-5-6-25-12-16/h7-8,13,16-18,24H,3-6,9-12H2,1-2H3. The van der Waals surface area contributed by atoms with Crippen LogP contribution in [-0.2, 0) is 11.3 Å². The first kappa shape index (κ1) is 17.0. The molecule has 1 saturated carbocycles. The van der Waals surface area contributed by atoms with Crippen LogP contribution in [0.5, 0.6) is 0 Å². The number of hydrogen-bond acceptors (Lipinski definition) is 4. The summed E-state index contributed by atoms with van der Waals surface area (Å²) in [5.74, 6) is 0.632. The summed E-state index contributed by atoms with van der Waals surface area (Å²) >= 11 is 0. The normalized spacial score (nSPS) is 22.2. The second-order valence-corrected chi connectivity index (χ2v) is 7.89. The van der Waals surface area contributed by atoms with E-state index >= 15 is 0 Å². The van der Waals surface area contributed by atoms with Crippen LogP contribution in [0.1, 0.15) is 30.4 Å². The molecule has 5 nitrogen and oxygen atoms in total. The first-order valence-corrected chi connectivity index (χ1v) is 9.52. The lowest BCUT2D eigenvalue weighted by Crippen LogP contribution is -2.39. The Balaban J connectivity index is 1.42. The van der Waals surface area contributed by atoms with Gasteiger partial charge in [-0.15, -0.1) is 0 Å². The van der Waals surface area contributed by atoms with E-state index in [4.69, 9.17) is 4.74 Å². The van der Waals surface area contributed by atoms with Crippen LogP contribution < -0.4 is 0 Å². The van der Waals surface area contributed by atoms with E-state index in [2.05, 4.69) is 40.4 Å². The van der Waals surface area contributed by atoms with Crippen LogP contribution in [0.15, 0.2) is 18.5 Å². The van der Waals surface area contributed by atoms with E-state index in [1.54, 1.807) is 0 Å². The molecule has 2 aliphatic rings. The molecule has 2 atom stereocenters. The quantitative estimate of drug-likeness (QED) is 0.839. The van der Waals surface area contributed by atoms with E-state index in [1.165, 1.54) is 24.0 Å². The molecule has 5 heteroatoms. The van der Waals surface area contributed by atoms with Crippen LogP contribution in [0, 0.1) is 19.8 Å². The van der Waals surface area contributed by atoms with Crippen molar-refractivity contribution in [3.8, 4) is 0 Å². The monoisotopic (exact) mass is 343 g/mol. The fourth-order valence-corrected chi connectivity index (χ4v) is 3.89. The molecule has 1 aromatic carbocycles. The van der Waals surface area contributed by atoms with Gasteiger partial charge in [-0.05, 0) is 62.3 Å². The second kappa shape index (κ2) is 7.06. The molecule has 1 aromatic heterocycles. The van der Waals surface area contributed by atoms with Crippen LogP contribution in [0.25, 0.3) is 11.0 Å². The summed E-state index contributed by atoms with van der Waals surface area (Å²) in [6, 6.07) is 4.97. The summed E-state index contributed by atoms with van der Waals surface area (Å²) in [6.07, 6.45) is 5.19. The first-order valence-electron chi connectivity index (χ1n) is 9.52. The van der Waals surface area contributed by atoms with E-state index in [9.17, 15) is 5.11 Å². The average Bonchev–Trinajstić information content (AvgIpc) is 3.19. The maximum Gasteiger partial charge on any atom is 0.0959 e. The third-order valence-electron chi connectivity index (χ3n) is 5.67. The van der Waals surface area contributed by atoms with Crippen molar-refractivity contribution in [2.75, 3.05) is 26.3 Å². The van der Waals surface area contributed by atoms with Crippen molar-refractivity contribution in [2.45, 2.75) is 51.8 Å². The summed E-state index contributed by atoms with van der Waals surface area (Å²) in [4.78, 5) is 6.99. The van der Waals surface area contributed by atoms with Crippen LogP contribution in [0.4, 0.5) is 0 Å². The molecule has 1 saturated heterocycles. The van der Waals surface area contributed by atoms with Crippen molar-refractivity contribution in [3.05, 3.63) is 29.6 Å². The summed E-state index contributed by atoms with van der Waals surface area (Å²) in [5, 5.41) is 10.7. The molecular formula is C20H29N3O2. The highest BCUT2D eigenvalue weighted by atomic mass is 16.5. The van der Waals surface area contributed by atoms with Crippen LogP contribution in [-0.4, -0.2) is 58.0 Å². The average molecular weight is 343 g/mol. The fourth-order valence-electron chi connectivity index (χ4n) is 3.89. The van der Waals surface area contributed by atoms with Gasteiger partial charge in [-0.1, -0.05) is 0 Å². The molecule has 136 valence electrons. The largest absolute Gasteiger partial charge is 0.390 e. The van der Waals surface area contributed by atoms with Crippen molar-refractivity contribution in [1.82, 2.24) is 14.5 Å². The zero-order valence-electron chi connectivity index (χ0n) is 15.3. The first-order chi connectivity index (χ1) is 12.1. The number of aliphatic hydroxyl groups is 1. The Morgan fingerprint density at radius 2 is 2.08 bits per heavy atom. The Labute approximate surface area is 149 Å². The van der Waals surface area contributed by atoms with Gasteiger partial charge in [0.05, 0.1) is 36.6 Å². The zero-order valence-corrected chi connectivity index (χ0v) is 15.3. The van der Waals surface area contributed by atoms with Gasteiger partial charge in [0.15, 0.2) is 0 Å². The van der Waals surface area contributed by atoms with Gasteiger partial charge >= 0.3 is 0 Å². The molecule has 1 N–H and O–H groups in total. The molecule has 4 rings (SSSR count). The molecule has 0 spiro atoms. The lowest BCUT2D eigenvalue weighted by molar-refractivity contribution is 0.0832. The molecule has 1 aliphatic carbocycles. The van der Waals surface area contributed by atoms with E-state index < -0.39 is 0 Å². The number of hydrogen-bond donors (Lipinski definition) is 1. The Kier molecular flexibility index (Phi) is 4.80. The Hall–Kier alpha value is -1.43. The predicted octanol–water partition coefficient (Wildman–Crippen LogP) is 2.51. The number of nitrogens with zero attached hydrogens (tertiary/aromatic N) is 3. The number of benzene rings is 1. The highest BCUT2D eigenvalue weighted by Crippen LogP contribution is 2.29. The van der Waals surface area contributed by atoms with Gasteiger partial charge in [-0.3, -0.25) is 4.90 Å². The number of fused-ring (bicyclic) bond motifs is 1. The minimum Gasteiger partial charge on any atom is -0.390 e. The molecular weight excluding hydrogens is 314 g/mol. The van der Waals surface area contributed by atoms with Gasteiger partial charge in [0.1, 0.15) is 0 Å². The van der Waals surface area contributed by atoms with Gasteiger partial charge in [0.25, 0.3) is 0 Å². The summed E-state index contributed by atoms with van der Waals surface area (Å²) in [5.41, 5.74) is 4.66. The molecule has 0 bridgehead atoms. The van der Waals surface area contributed by atoms with Gasteiger partial charge in [0, 0.05) is 25.7 Å². The van der Waals surface area contributed by atoms with E-state index in [1.807, 2.05) is 6.33 Å².